The van der Waals surface area contributed by atoms with E-state index in [1.54, 1.807) is 13.2 Å². The van der Waals surface area contributed by atoms with Crippen LogP contribution in [0.3, 0.4) is 0 Å². The van der Waals surface area contributed by atoms with Crippen molar-refractivity contribution in [1.82, 2.24) is 0 Å². The van der Waals surface area contributed by atoms with Gasteiger partial charge in [-0.15, -0.1) is 0 Å². The van der Waals surface area contributed by atoms with E-state index < -0.39 is 0 Å². The second kappa shape index (κ2) is 18.4. The second-order valence-corrected chi connectivity index (χ2v) is 14.4. The summed E-state index contributed by atoms with van der Waals surface area (Å²) in [5.41, 5.74) is 14.3. The van der Waals surface area contributed by atoms with Crippen molar-refractivity contribution in [2.45, 2.75) is 141 Å². The first-order valence-corrected chi connectivity index (χ1v) is 18.1. The standard InChI is InChI=1S/C39H59N3O4/c1-27(2)19-24-35-30(26-45-3)20-22-31(42-39(40)41)14-10-18-34-29(21-23-32(43)15-7-6-13-28-11-4-5-12-28)25-36(38(44)37(34)35)46-33-16-8-9-17-33/h7,15,25,27-28,30-31,33,35,44H,4-6,8-9,11-14,16-17,19-24,26H2,1-3H3,(H4,40,41,42)/b15-7+/t30-,31-,35+/m0/s1. The molecule has 0 spiro atoms. The molecular weight excluding hydrogens is 574 g/mol. The highest BCUT2D eigenvalue weighted by Crippen LogP contribution is 2.47. The first kappa shape index (κ1) is 35.9. The summed E-state index contributed by atoms with van der Waals surface area (Å²) in [5.74, 6) is 9.22. The van der Waals surface area contributed by atoms with E-state index in [0.717, 1.165) is 80.4 Å². The zero-order valence-corrected chi connectivity index (χ0v) is 28.7. The van der Waals surface area contributed by atoms with E-state index in [1.165, 1.54) is 32.1 Å². The van der Waals surface area contributed by atoms with E-state index in [2.05, 4.69) is 36.8 Å². The zero-order chi connectivity index (χ0) is 32.9. The monoisotopic (exact) mass is 633 g/mol. The molecular formula is C39H59N3O4. The molecule has 3 atom stereocenters. The molecule has 3 aliphatic rings. The van der Waals surface area contributed by atoms with Crippen LogP contribution < -0.4 is 16.2 Å². The van der Waals surface area contributed by atoms with E-state index in [9.17, 15) is 9.90 Å². The number of carbonyl (C=O) groups excluding carboxylic acids is 1. The van der Waals surface area contributed by atoms with Gasteiger partial charge in [0.2, 0.25) is 0 Å². The van der Waals surface area contributed by atoms with Crippen LogP contribution in [0.15, 0.2) is 23.2 Å². The number of allylic oxidation sites excluding steroid dienone is 2. The number of ketones is 1. The summed E-state index contributed by atoms with van der Waals surface area (Å²) in [7, 11) is 1.74. The highest BCUT2D eigenvalue weighted by atomic mass is 16.5. The number of aryl methyl sites for hydroxylation is 1. The molecule has 0 unspecified atom stereocenters. The van der Waals surface area contributed by atoms with Crippen molar-refractivity contribution < 1.29 is 19.4 Å². The first-order chi connectivity index (χ1) is 22.2. The number of nitrogens with zero attached hydrogens (tertiary/aromatic N) is 1. The number of phenolic OH excluding ortho intramolecular Hbond substituents is 1. The van der Waals surface area contributed by atoms with Crippen molar-refractivity contribution in [3.63, 3.8) is 0 Å². The number of guanidine groups is 1. The van der Waals surface area contributed by atoms with E-state index in [0.29, 0.717) is 37.5 Å². The Balaban J connectivity index is 1.72. The smallest absolute Gasteiger partial charge is 0.186 e. The van der Waals surface area contributed by atoms with Gasteiger partial charge in [-0.1, -0.05) is 63.9 Å². The Morgan fingerprint density at radius 3 is 2.52 bits per heavy atom. The number of phenols is 1. The molecule has 0 heterocycles. The minimum atomic E-state index is -0.109. The van der Waals surface area contributed by atoms with E-state index in [-0.39, 0.29) is 41.5 Å². The van der Waals surface area contributed by atoms with Crippen LogP contribution in [0.2, 0.25) is 0 Å². The van der Waals surface area contributed by atoms with Crippen LogP contribution in [0.25, 0.3) is 0 Å². The predicted molar refractivity (Wildman–Crippen MR) is 187 cm³/mol. The molecule has 0 amide bonds. The van der Waals surface area contributed by atoms with E-state index >= 15 is 0 Å². The number of hydrogen-bond donors (Lipinski definition) is 3. The number of rotatable bonds is 15. The zero-order valence-electron chi connectivity index (χ0n) is 28.7. The van der Waals surface area contributed by atoms with Gasteiger partial charge < -0.3 is 26.0 Å². The van der Waals surface area contributed by atoms with Gasteiger partial charge in [-0.3, -0.25) is 4.79 Å². The van der Waals surface area contributed by atoms with Crippen molar-refractivity contribution in [3.8, 4) is 23.3 Å². The van der Waals surface area contributed by atoms with E-state index in [1.807, 2.05) is 6.07 Å². The molecule has 2 saturated carbocycles. The number of benzene rings is 1. The molecule has 0 saturated heterocycles. The van der Waals surface area contributed by atoms with Crippen LogP contribution in [0.1, 0.15) is 139 Å². The predicted octanol–water partition coefficient (Wildman–Crippen LogP) is 7.70. The molecule has 7 nitrogen and oxygen atoms in total. The average molecular weight is 634 g/mol. The fourth-order valence-corrected chi connectivity index (χ4v) is 7.72. The number of aliphatic imine (C=N–C) groups is 1. The van der Waals surface area contributed by atoms with Gasteiger partial charge in [0.05, 0.1) is 12.1 Å². The summed E-state index contributed by atoms with van der Waals surface area (Å²) in [6.07, 6.45) is 20.6. The molecule has 0 radical (unpaired) electrons. The Bertz CT molecular complexity index is 1240. The second-order valence-electron chi connectivity index (χ2n) is 14.4. The van der Waals surface area contributed by atoms with Gasteiger partial charge in [0.15, 0.2) is 23.2 Å². The minimum absolute atomic E-state index is 0.00154. The molecule has 2 fully saturated rings. The quantitative estimate of drug-likeness (QED) is 0.0788. The number of methoxy groups -OCH3 is 1. The van der Waals surface area contributed by atoms with Crippen LogP contribution in [0, 0.1) is 29.6 Å². The van der Waals surface area contributed by atoms with Crippen molar-refractivity contribution in [3.05, 3.63) is 34.9 Å². The van der Waals surface area contributed by atoms with Gasteiger partial charge in [-0.25, -0.2) is 4.99 Å². The van der Waals surface area contributed by atoms with Gasteiger partial charge in [-0.05, 0) is 106 Å². The van der Waals surface area contributed by atoms with Crippen LogP contribution in [-0.2, 0) is 16.0 Å². The van der Waals surface area contributed by atoms with E-state index in [4.69, 9.17) is 20.9 Å². The Labute approximate surface area is 278 Å². The Morgan fingerprint density at radius 2 is 1.83 bits per heavy atom. The summed E-state index contributed by atoms with van der Waals surface area (Å²) < 4.78 is 12.3. The average Bonchev–Trinajstić information content (AvgIpc) is 3.73. The van der Waals surface area contributed by atoms with Crippen LogP contribution in [0.5, 0.6) is 11.5 Å². The fourth-order valence-electron chi connectivity index (χ4n) is 7.72. The highest BCUT2D eigenvalue weighted by molar-refractivity contribution is 5.89. The summed E-state index contributed by atoms with van der Waals surface area (Å²) in [6, 6.07) is 1.85. The Kier molecular flexibility index (Phi) is 14.3. The minimum Gasteiger partial charge on any atom is -0.504 e. The Morgan fingerprint density at radius 1 is 1.09 bits per heavy atom. The lowest BCUT2D eigenvalue weighted by molar-refractivity contribution is -0.114. The van der Waals surface area contributed by atoms with Crippen molar-refractivity contribution in [2.75, 3.05) is 13.7 Å². The molecule has 0 bridgehead atoms. The van der Waals surface area contributed by atoms with Gasteiger partial charge in [0, 0.05) is 37.7 Å². The number of carbonyl (C=O) groups is 1. The fraction of sp³-hybridized carbons (Fsp3) is 0.692. The number of ether oxygens (including phenoxy) is 2. The van der Waals surface area contributed by atoms with Crippen molar-refractivity contribution in [2.24, 2.45) is 34.2 Å². The lowest BCUT2D eigenvalue weighted by atomic mass is 9.75. The molecule has 4 rings (SSSR count). The number of aromatic hydroxyl groups is 1. The maximum atomic E-state index is 13.1. The van der Waals surface area contributed by atoms with Crippen LogP contribution in [0.4, 0.5) is 0 Å². The maximum absolute atomic E-state index is 13.1. The summed E-state index contributed by atoms with van der Waals surface area (Å²) in [5, 5.41) is 12.0. The normalized spacial score (nSPS) is 22.5. The molecule has 0 aromatic heterocycles. The third-order valence-corrected chi connectivity index (χ3v) is 10.3. The molecule has 1 aromatic carbocycles. The van der Waals surface area contributed by atoms with Gasteiger partial charge in [0.25, 0.3) is 0 Å². The highest BCUT2D eigenvalue weighted by Gasteiger charge is 2.33. The first-order valence-electron chi connectivity index (χ1n) is 18.1. The molecule has 254 valence electrons. The summed E-state index contributed by atoms with van der Waals surface area (Å²) >= 11 is 0. The lowest BCUT2D eigenvalue weighted by Gasteiger charge is -2.32. The van der Waals surface area contributed by atoms with Crippen LogP contribution >= 0.6 is 0 Å². The molecule has 3 aliphatic carbocycles. The third kappa shape index (κ3) is 10.8. The van der Waals surface area contributed by atoms with Gasteiger partial charge >= 0.3 is 0 Å². The molecule has 0 aliphatic heterocycles. The molecule has 7 heteroatoms. The molecule has 1 aromatic rings. The summed E-state index contributed by atoms with van der Waals surface area (Å²) in [4.78, 5) is 17.6. The SMILES string of the molecule is COC[C@@H]1CC[C@@H](N=C(N)N)CC#Cc2c(CCC(=O)/C=C/CCC3CCCC3)cc(OC3CCCC3)c(O)c2[C@@H]1CCC(C)C. The lowest BCUT2D eigenvalue weighted by Crippen LogP contribution is -2.27. The molecule has 5 N–H and O–H groups in total. The van der Waals surface area contributed by atoms with Crippen molar-refractivity contribution in [1.29, 1.82) is 0 Å². The van der Waals surface area contributed by atoms with Crippen LogP contribution in [-0.4, -0.2) is 42.7 Å². The number of fused-ring (bicyclic) bond motifs is 1. The van der Waals surface area contributed by atoms with Gasteiger partial charge in [0.1, 0.15) is 0 Å². The molecule has 46 heavy (non-hydrogen) atoms. The maximum Gasteiger partial charge on any atom is 0.186 e. The third-order valence-electron chi connectivity index (χ3n) is 10.3. The number of hydrogen-bond acceptors (Lipinski definition) is 5. The largest absolute Gasteiger partial charge is 0.504 e. The Hall–Kier alpha value is -2.98. The van der Waals surface area contributed by atoms with Gasteiger partial charge in [-0.2, -0.15) is 0 Å². The van der Waals surface area contributed by atoms with Crippen molar-refractivity contribution >= 4 is 11.7 Å². The topological polar surface area (TPSA) is 120 Å². The summed E-state index contributed by atoms with van der Waals surface area (Å²) in [6.45, 7) is 5.02. The number of nitrogens with two attached hydrogens (primary N) is 2.